The first kappa shape index (κ1) is 13.9. The van der Waals surface area contributed by atoms with E-state index in [1.807, 2.05) is 0 Å². The number of rotatable bonds is 3. The molecule has 1 saturated heterocycles. The summed E-state index contributed by atoms with van der Waals surface area (Å²) >= 11 is 5.84. The van der Waals surface area contributed by atoms with Gasteiger partial charge in [0.2, 0.25) is 0 Å². The lowest BCUT2D eigenvalue weighted by Crippen LogP contribution is -2.41. The molecule has 19 heavy (non-hydrogen) atoms. The fourth-order valence-electron chi connectivity index (χ4n) is 2.40. The van der Waals surface area contributed by atoms with Crippen LogP contribution in [0.25, 0.3) is 0 Å². The van der Waals surface area contributed by atoms with Gasteiger partial charge in [0.1, 0.15) is 5.69 Å². The molecule has 1 aromatic heterocycles. The minimum atomic E-state index is -0.492. The fraction of sp³-hybridized carbons (Fsp3) is 0.583. The summed E-state index contributed by atoms with van der Waals surface area (Å²) in [4.78, 5) is 24.3. The average Bonchev–Trinajstić information content (AvgIpc) is 2.80. The molecule has 0 N–H and O–H groups in total. The number of hydrogen-bond acceptors (Lipinski definition) is 3. The number of halogens is 1. The second-order valence-corrected chi connectivity index (χ2v) is 5.17. The third kappa shape index (κ3) is 2.89. The minimum absolute atomic E-state index is 0.0586. The van der Waals surface area contributed by atoms with Crippen molar-refractivity contribution >= 4 is 23.2 Å². The van der Waals surface area contributed by atoms with Gasteiger partial charge in [0.15, 0.2) is 0 Å². The van der Waals surface area contributed by atoms with Crippen molar-refractivity contribution in [1.29, 1.82) is 0 Å². The number of alkyl halides is 1. The van der Waals surface area contributed by atoms with E-state index in [9.17, 15) is 14.9 Å². The average molecular weight is 286 g/mol. The third-order valence-electron chi connectivity index (χ3n) is 3.44. The number of piperidine rings is 1. The summed E-state index contributed by atoms with van der Waals surface area (Å²) in [5.41, 5.74) is 0.290. The second kappa shape index (κ2) is 5.61. The summed E-state index contributed by atoms with van der Waals surface area (Å²) in [6, 6.07) is 1.33. The van der Waals surface area contributed by atoms with Crippen LogP contribution in [0.2, 0.25) is 0 Å². The Hall–Kier alpha value is -1.56. The van der Waals surface area contributed by atoms with Crippen LogP contribution in [-0.4, -0.2) is 39.3 Å². The summed E-state index contributed by atoms with van der Waals surface area (Å²) < 4.78 is 1.50. The molecule has 104 valence electrons. The molecular formula is C12H16ClN3O3. The molecular weight excluding hydrogens is 270 g/mol. The third-order valence-corrected chi connectivity index (χ3v) is 3.88. The van der Waals surface area contributed by atoms with E-state index in [-0.39, 0.29) is 11.6 Å². The van der Waals surface area contributed by atoms with Crippen LogP contribution in [-0.2, 0) is 7.05 Å². The molecule has 1 aliphatic rings. The SMILES string of the molecule is Cn1cc([N+](=O)[O-])cc1C(=O)N1CCCC(CCl)C1. The Morgan fingerprint density at radius 2 is 2.37 bits per heavy atom. The molecule has 2 rings (SSSR count). The summed E-state index contributed by atoms with van der Waals surface area (Å²) in [6.07, 6.45) is 3.31. The van der Waals surface area contributed by atoms with E-state index in [4.69, 9.17) is 11.6 Å². The van der Waals surface area contributed by atoms with E-state index >= 15 is 0 Å². The summed E-state index contributed by atoms with van der Waals surface area (Å²) in [5.74, 6) is 0.692. The molecule has 1 aromatic rings. The Bertz CT molecular complexity index is 500. The molecule has 1 unspecified atom stereocenters. The quantitative estimate of drug-likeness (QED) is 0.485. The first-order valence-electron chi connectivity index (χ1n) is 6.19. The highest BCUT2D eigenvalue weighted by Gasteiger charge is 2.27. The standard InChI is InChI=1S/C12H16ClN3O3/c1-14-8-10(16(18)19)5-11(14)12(17)15-4-2-3-9(6-13)7-15/h5,8-9H,2-4,6-7H2,1H3. The molecule has 7 heteroatoms. The van der Waals surface area contributed by atoms with Crippen molar-refractivity contribution in [3.05, 3.63) is 28.1 Å². The number of aryl methyl sites for hydroxylation is 1. The van der Waals surface area contributed by atoms with Gasteiger partial charge in [-0.1, -0.05) is 0 Å². The topological polar surface area (TPSA) is 68.4 Å². The second-order valence-electron chi connectivity index (χ2n) is 4.87. The lowest BCUT2D eigenvalue weighted by Gasteiger charge is -2.31. The van der Waals surface area contributed by atoms with Gasteiger partial charge in [-0.15, -0.1) is 11.6 Å². The Kier molecular flexibility index (Phi) is 4.09. The molecule has 0 bridgehead atoms. The van der Waals surface area contributed by atoms with Gasteiger partial charge < -0.3 is 9.47 Å². The van der Waals surface area contributed by atoms with E-state index < -0.39 is 4.92 Å². The Balaban J connectivity index is 2.17. The number of nitro groups is 1. The zero-order chi connectivity index (χ0) is 14.0. The van der Waals surface area contributed by atoms with Crippen molar-refractivity contribution in [2.75, 3.05) is 19.0 Å². The number of carbonyl (C=O) groups excluding carboxylic acids is 1. The van der Waals surface area contributed by atoms with E-state index in [0.717, 1.165) is 12.8 Å². The molecule has 6 nitrogen and oxygen atoms in total. The molecule has 1 fully saturated rings. The first-order valence-corrected chi connectivity index (χ1v) is 6.72. The zero-order valence-electron chi connectivity index (χ0n) is 10.7. The van der Waals surface area contributed by atoms with Gasteiger partial charge >= 0.3 is 0 Å². The van der Waals surface area contributed by atoms with Crippen LogP contribution in [0, 0.1) is 16.0 Å². The van der Waals surface area contributed by atoms with E-state index in [0.29, 0.717) is 30.6 Å². The lowest BCUT2D eigenvalue weighted by atomic mass is 10.00. The van der Waals surface area contributed by atoms with Gasteiger partial charge in [0.05, 0.1) is 11.1 Å². The molecule has 2 heterocycles. The number of nitrogens with zero attached hydrogens (tertiary/aromatic N) is 3. The predicted octanol–water partition coefficient (Wildman–Crippen LogP) is 2.02. The van der Waals surface area contributed by atoms with Crippen LogP contribution in [0.1, 0.15) is 23.3 Å². The molecule has 0 radical (unpaired) electrons. The largest absolute Gasteiger partial charge is 0.340 e. The minimum Gasteiger partial charge on any atom is -0.340 e. The molecule has 1 atom stereocenters. The van der Waals surface area contributed by atoms with Crippen LogP contribution in [0.15, 0.2) is 12.3 Å². The molecule has 1 aliphatic heterocycles. The fourth-order valence-corrected chi connectivity index (χ4v) is 2.65. The van der Waals surface area contributed by atoms with Crippen molar-refractivity contribution in [3.8, 4) is 0 Å². The maximum absolute atomic E-state index is 12.4. The predicted molar refractivity (Wildman–Crippen MR) is 71.4 cm³/mol. The van der Waals surface area contributed by atoms with Gasteiger partial charge in [-0.05, 0) is 18.8 Å². The molecule has 0 aliphatic carbocycles. The lowest BCUT2D eigenvalue weighted by molar-refractivity contribution is -0.384. The molecule has 0 aromatic carbocycles. The van der Waals surface area contributed by atoms with Crippen LogP contribution < -0.4 is 0 Å². The monoisotopic (exact) mass is 285 g/mol. The smallest absolute Gasteiger partial charge is 0.287 e. The Morgan fingerprint density at radius 1 is 1.63 bits per heavy atom. The van der Waals surface area contributed by atoms with E-state index in [1.165, 1.54) is 16.8 Å². The van der Waals surface area contributed by atoms with Crippen LogP contribution >= 0.6 is 11.6 Å². The highest BCUT2D eigenvalue weighted by molar-refractivity contribution is 6.18. The van der Waals surface area contributed by atoms with Crippen LogP contribution in [0.4, 0.5) is 5.69 Å². The first-order chi connectivity index (χ1) is 9.02. The molecule has 0 saturated carbocycles. The highest BCUT2D eigenvalue weighted by Crippen LogP contribution is 2.22. The van der Waals surface area contributed by atoms with Crippen molar-refractivity contribution in [2.45, 2.75) is 12.8 Å². The highest BCUT2D eigenvalue weighted by atomic mass is 35.5. The number of aromatic nitrogens is 1. The summed E-state index contributed by atoms with van der Waals surface area (Å²) in [6.45, 7) is 1.31. The zero-order valence-corrected chi connectivity index (χ0v) is 11.5. The maximum Gasteiger partial charge on any atom is 0.287 e. The number of likely N-dealkylation sites (tertiary alicyclic amines) is 1. The van der Waals surface area contributed by atoms with Crippen molar-refractivity contribution < 1.29 is 9.72 Å². The van der Waals surface area contributed by atoms with Crippen LogP contribution in [0.5, 0.6) is 0 Å². The normalized spacial score (nSPS) is 19.5. The van der Waals surface area contributed by atoms with Gasteiger partial charge in [-0.3, -0.25) is 14.9 Å². The summed E-state index contributed by atoms with van der Waals surface area (Å²) in [7, 11) is 1.64. The number of carbonyl (C=O) groups is 1. The summed E-state index contributed by atoms with van der Waals surface area (Å²) in [5, 5.41) is 10.7. The van der Waals surface area contributed by atoms with Crippen LogP contribution in [0.3, 0.4) is 0 Å². The Labute approximate surface area is 116 Å². The van der Waals surface area contributed by atoms with Crippen molar-refractivity contribution in [3.63, 3.8) is 0 Å². The van der Waals surface area contributed by atoms with Crippen molar-refractivity contribution in [1.82, 2.24) is 9.47 Å². The van der Waals surface area contributed by atoms with Gasteiger partial charge in [0, 0.05) is 32.1 Å². The number of amides is 1. The van der Waals surface area contributed by atoms with E-state index in [2.05, 4.69) is 0 Å². The maximum atomic E-state index is 12.4. The van der Waals surface area contributed by atoms with Gasteiger partial charge in [0.25, 0.3) is 11.6 Å². The van der Waals surface area contributed by atoms with E-state index in [1.54, 1.807) is 11.9 Å². The molecule has 1 amide bonds. The van der Waals surface area contributed by atoms with Gasteiger partial charge in [-0.2, -0.15) is 0 Å². The van der Waals surface area contributed by atoms with Crippen molar-refractivity contribution in [2.24, 2.45) is 13.0 Å². The Morgan fingerprint density at radius 3 is 2.95 bits per heavy atom. The van der Waals surface area contributed by atoms with Gasteiger partial charge in [-0.25, -0.2) is 0 Å². The molecule has 0 spiro atoms. The number of hydrogen-bond donors (Lipinski definition) is 0.